The molecule has 13 heavy (non-hydrogen) atoms. The average Bonchev–Trinajstić information content (AvgIpc) is 2.15. The molecular weight excluding hydrogens is 167 g/mol. The van der Waals surface area contributed by atoms with Crippen LogP contribution in [0.1, 0.15) is 5.56 Å². The minimum absolute atomic E-state index is 0.646. The van der Waals surface area contributed by atoms with Gasteiger partial charge in [-0.1, -0.05) is 29.7 Å². The first-order valence-corrected chi connectivity index (χ1v) is 3.71. The fraction of sp³-hybridized carbons (Fsp3) is 0. The van der Waals surface area contributed by atoms with Gasteiger partial charge in [0.05, 0.1) is 0 Å². The Balaban J connectivity index is 2.83. The first-order valence-electron chi connectivity index (χ1n) is 3.71. The van der Waals surface area contributed by atoms with E-state index in [0.29, 0.717) is 5.46 Å². The van der Waals surface area contributed by atoms with Crippen LogP contribution in [-0.4, -0.2) is 23.6 Å². The standard InChI is InChI=1S/C9H8BO3/c11-9(12)5-4-7-2-1-3-8(6-7)10-13/h1-6,13H,(H,11,12). The van der Waals surface area contributed by atoms with Gasteiger partial charge in [-0.25, -0.2) is 4.79 Å². The van der Waals surface area contributed by atoms with Crippen molar-refractivity contribution in [2.24, 2.45) is 0 Å². The number of benzene rings is 1. The van der Waals surface area contributed by atoms with Crippen LogP contribution in [0.5, 0.6) is 0 Å². The van der Waals surface area contributed by atoms with E-state index in [1.165, 1.54) is 6.08 Å². The van der Waals surface area contributed by atoms with Crippen LogP contribution in [0.4, 0.5) is 0 Å². The number of hydrogen-bond acceptors (Lipinski definition) is 2. The van der Waals surface area contributed by atoms with E-state index in [4.69, 9.17) is 10.1 Å². The van der Waals surface area contributed by atoms with Crippen molar-refractivity contribution in [3.05, 3.63) is 35.9 Å². The zero-order valence-electron chi connectivity index (χ0n) is 6.84. The lowest BCUT2D eigenvalue weighted by Crippen LogP contribution is -2.12. The monoisotopic (exact) mass is 175 g/mol. The molecule has 0 atom stereocenters. The van der Waals surface area contributed by atoms with E-state index in [1.807, 2.05) is 0 Å². The van der Waals surface area contributed by atoms with E-state index in [2.05, 4.69) is 0 Å². The van der Waals surface area contributed by atoms with Crippen LogP contribution in [0, 0.1) is 0 Å². The summed E-state index contributed by atoms with van der Waals surface area (Å²) in [7, 11) is 0.970. The third-order valence-corrected chi connectivity index (χ3v) is 1.48. The van der Waals surface area contributed by atoms with Gasteiger partial charge in [-0.05, 0) is 11.6 Å². The Bertz CT molecular complexity index is 333. The third kappa shape index (κ3) is 3.13. The lowest BCUT2D eigenvalue weighted by Gasteiger charge is -1.95. The van der Waals surface area contributed by atoms with Crippen molar-refractivity contribution in [2.75, 3.05) is 0 Å². The second-order valence-corrected chi connectivity index (χ2v) is 2.47. The molecule has 0 aliphatic heterocycles. The molecule has 1 aromatic rings. The predicted octanol–water partition coefficient (Wildman–Crippen LogP) is 0.0212. The number of carbonyl (C=O) groups is 1. The Morgan fingerprint density at radius 2 is 2.23 bits per heavy atom. The molecule has 0 unspecified atom stereocenters. The van der Waals surface area contributed by atoms with Gasteiger partial charge in [-0.2, -0.15) is 0 Å². The Labute approximate surface area is 76.6 Å². The maximum absolute atomic E-state index is 10.2. The summed E-state index contributed by atoms with van der Waals surface area (Å²) < 4.78 is 0. The van der Waals surface area contributed by atoms with E-state index in [0.717, 1.165) is 19.1 Å². The van der Waals surface area contributed by atoms with E-state index < -0.39 is 5.97 Å². The second-order valence-electron chi connectivity index (χ2n) is 2.47. The summed E-state index contributed by atoms with van der Waals surface area (Å²) in [5, 5.41) is 17.0. The minimum atomic E-state index is -0.988. The first-order chi connectivity index (χ1) is 6.22. The zero-order chi connectivity index (χ0) is 9.68. The Morgan fingerprint density at radius 3 is 2.85 bits per heavy atom. The molecule has 0 aromatic heterocycles. The van der Waals surface area contributed by atoms with E-state index in [1.54, 1.807) is 24.3 Å². The van der Waals surface area contributed by atoms with Crippen molar-refractivity contribution in [3.63, 3.8) is 0 Å². The van der Waals surface area contributed by atoms with Crippen LogP contribution >= 0.6 is 0 Å². The number of aliphatic carboxylic acids is 1. The number of carboxylic acids is 1. The summed E-state index contributed by atoms with van der Waals surface area (Å²) in [6, 6.07) is 6.90. The summed E-state index contributed by atoms with van der Waals surface area (Å²) in [6.45, 7) is 0. The molecule has 0 spiro atoms. The maximum atomic E-state index is 10.2. The van der Waals surface area contributed by atoms with Crippen molar-refractivity contribution >= 4 is 25.0 Å². The zero-order valence-corrected chi connectivity index (χ0v) is 6.84. The lowest BCUT2D eigenvalue weighted by atomic mass is 9.88. The highest BCUT2D eigenvalue weighted by Crippen LogP contribution is 1.98. The smallest absolute Gasteiger partial charge is 0.328 e. The number of hydrogen-bond donors (Lipinski definition) is 2. The van der Waals surface area contributed by atoms with Gasteiger partial charge in [0.1, 0.15) is 0 Å². The first kappa shape index (κ1) is 9.54. The molecule has 0 saturated heterocycles. The van der Waals surface area contributed by atoms with Gasteiger partial charge in [-0.15, -0.1) is 0 Å². The second kappa shape index (κ2) is 4.47. The normalized spacial score (nSPS) is 10.2. The van der Waals surface area contributed by atoms with Crippen LogP contribution in [-0.2, 0) is 4.79 Å². The number of rotatable bonds is 3. The van der Waals surface area contributed by atoms with Crippen LogP contribution < -0.4 is 5.46 Å². The molecule has 3 nitrogen and oxygen atoms in total. The van der Waals surface area contributed by atoms with Crippen LogP contribution in [0.25, 0.3) is 6.08 Å². The molecule has 0 saturated carbocycles. The summed E-state index contributed by atoms with van der Waals surface area (Å²) in [5.41, 5.74) is 1.39. The predicted molar refractivity (Wildman–Crippen MR) is 50.7 cm³/mol. The van der Waals surface area contributed by atoms with Crippen LogP contribution in [0.2, 0.25) is 0 Å². The topological polar surface area (TPSA) is 57.5 Å². The molecule has 0 bridgehead atoms. The van der Waals surface area contributed by atoms with Crippen LogP contribution in [0.15, 0.2) is 30.3 Å². The summed E-state index contributed by atoms with van der Waals surface area (Å²) in [4.78, 5) is 10.2. The fourth-order valence-corrected chi connectivity index (χ4v) is 0.910. The van der Waals surface area contributed by atoms with Crippen molar-refractivity contribution < 1.29 is 14.9 Å². The van der Waals surface area contributed by atoms with E-state index in [9.17, 15) is 4.79 Å². The van der Waals surface area contributed by atoms with Gasteiger partial charge in [0.2, 0.25) is 0 Å². The highest BCUT2D eigenvalue weighted by atomic mass is 16.4. The van der Waals surface area contributed by atoms with Crippen molar-refractivity contribution in [2.45, 2.75) is 0 Å². The fourth-order valence-electron chi connectivity index (χ4n) is 0.910. The summed E-state index contributed by atoms with van der Waals surface area (Å²) >= 11 is 0. The lowest BCUT2D eigenvalue weighted by molar-refractivity contribution is -0.131. The molecule has 0 fully saturated rings. The molecular formula is C9H8BO3. The molecule has 1 aromatic carbocycles. The van der Waals surface area contributed by atoms with Crippen LogP contribution in [0.3, 0.4) is 0 Å². The molecule has 4 heteroatoms. The SMILES string of the molecule is O=C(O)C=Cc1cccc([B]O)c1. The minimum Gasteiger partial charge on any atom is -0.478 e. The number of carboxylic acid groups (broad SMARTS) is 1. The van der Waals surface area contributed by atoms with Gasteiger partial charge >= 0.3 is 13.5 Å². The van der Waals surface area contributed by atoms with E-state index in [-0.39, 0.29) is 0 Å². The van der Waals surface area contributed by atoms with Gasteiger partial charge in [0, 0.05) is 6.08 Å². The van der Waals surface area contributed by atoms with Crippen molar-refractivity contribution in [1.29, 1.82) is 0 Å². The van der Waals surface area contributed by atoms with Gasteiger partial charge in [0.25, 0.3) is 0 Å². The largest absolute Gasteiger partial charge is 0.478 e. The molecule has 1 rings (SSSR count). The quantitative estimate of drug-likeness (QED) is 0.502. The van der Waals surface area contributed by atoms with E-state index >= 15 is 0 Å². The highest BCUT2D eigenvalue weighted by molar-refractivity contribution is 6.45. The molecule has 1 radical (unpaired) electrons. The van der Waals surface area contributed by atoms with Crippen molar-refractivity contribution in [3.8, 4) is 0 Å². The molecule has 0 aliphatic rings. The molecule has 0 heterocycles. The highest BCUT2D eigenvalue weighted by Gasteiger charge is 1.93. The van der Waals surface area contributed by atoms with Gasteiger partial charge < -0.3 is 10.1 Å². The summed E-state index contributed by atoms with van der Waals surface area (Å²) in [6.07, 6.45) is 2.52. The molecule has 0 amide bonds. The maximum Gasteiger partial charge on any atom is 0.328 e. The Kier molecular flexibility index (Phi) is 3.28. The Hall–Kier alpha value is -1.55. The third-order valence-electron chi connectivity index (χ3n) is 1.48. The molecule has 0 aliphatic carbocycles. The Morgan fingerprint density at radius 1 is 1.46 bits per heavy atom. The van der Waals surface area contributed by atoms with Crippen molar-refractivity contribution in [1.82, 2.24) is 0 Å². The molecule has 2 N–H and O–H groups in total. The molecule has 65 valence electrons. The van der Waals surface area contributed by atoms with Gasteiger partial charge in [-0.3, -0.25) is 0 Å². The average molecular weight is 175 g/mol. The summed E-state index contributed by atoms with van der Waals surface area (Å²) in [5.74, 6) is -0.988. The van der Waals surface area contributed by atoms with Gasteiger partial charge in [0.15, 0.2) is 0 Å².